The van der Waals surface area contributed by atoms with Crippen molar-refractivity contribution in [2.75, 3.05) is 5.32 Å². The molecule has 0 saturated heterocycles. The van der Waals surface area contributed by atoms with Crippen molar-refractivity contribution < 1.29 is 19.1 Å². The van der Waals surface area contributed by atoms with Crippen LogP contribution in [-0.2, 0) is 4.79 Å². The first kappa shape index (κ1) is 12.9. The second-order valence-corrected chi connectivity index (χ2v) is 3.92. The van der Waals surface area contributed by atoms with Crippen molar-refractivity contribution >= 4 is 17.6 Å². The standard InChI is InChI=1S/C14H13NO4/c1-2-13(16)15-10-6-4-3-5-9(10)11-7-8-12(19-11)14(17)18/h3-8H,2H2,1H3,(H,15,16)(H,17,18). The molecule has 1 aromatic carbocycles. The summed E-state index contributed by atoms with van der Waals surface area (Å²) in [5.41, 5.74) is 1.25. The first-order valence-corrected chi connectivity index (χ1v) is 5.84. The number of benzene rings is 1. The quantitative estimate of drug-likeness (QED) is 0.884. The minimum Gasteiger partial charge on any atom is -0.475 e. The first-order chi connectivity index (χ1) is 9.11. The van der Waals surface area contributed by atoms with Crippen molar-refractivity contribution in [3.8, 4) is 11.3 Å². The van der Waals surface area contributed by atoms with Crippen molar-refractivity contribution in [3.05, 3.63) is 42.2 Å². The fourth-order valence-corrected chi connectivity index (χ4v) is 1.64. The van der Waals surface area contributed by atoms with Crippen molar-refractivity contribution in [1.82, 2.24) is 0 Å². The van der Waals surface area contributed by atoms with Crippen LogP contribution in [0.2, 0.25) is 0 Å². The first-order valence-electron chi connectivity index (χ1n) is 5.84. The largest absolute Gasteiger partial charge is 0.475 e. The van der Waals surface area contributed by atoms with Crippen LogP contribution in [0, 0.1) is 0 Å². The molecule has 2 N–H and O–H groups in total. The number of rotatable bonds is 4. The van der Waals surface area contributed by atoms with Crippen LogP contribution in [0.4, 0.5) is 5.69 Å². The number of carboxylic acid groups (broad SMARTS) is 1. The Balaban J connectivity index is 2.38. The highest BCUT2D eigenvalue weighted by molar-refractivity contribution is 5.95. The maximum atomic E-state index is 11.4. The molecule has 0 spiro atoms. The lowest BCUT2D eigenvalue weighted by Crippen LogP contribution is -2.10. The molecule has 1 amide bonds. The highest BCUT2D eigenvalue weighted by Crippen LogP contribution is 2.29. The molecule has 0 aliphatic rings. The Morgan fingerprint density at radius 1 is 1.21 bits per heavy atom. The zero-order valence-corrected chi connectivity index (χ0v) is 10.3. The number of furan rings is 1. The summed E-state index contributed by atoms with van der Waals surface area (Å²) in [4.78, 5) is 22.2. The molecule has 0 saturated carbocycles. The fourth-order valence-electron chi connectivity index (χ4n) is 1.64. The molecule has 0 fully saturated rings. The Morgan fingerprint density at radius 3 is 2.58 bits per heavy atom. The lowest BCUT2D eigenvalue weighted by Gasteiger charge is -2.08. The fraction of sp³-hybridized carbons (Fsp3) is 0.143. The number of hydrogen-bond donors (Lipinski definition) is 2. The third-order valence-corrected chi connectivity index (χ3v) is 2.60. The average Bonchev–Trinajstić information content (AvgIpc) is 2.89. The van der Waals surface area contributed by atoms with Crippen molar-refractivity contribution in [3.63, 3.8) is 0 Å². The van der Waals surface area contributed by atoms with E-state index >= 15 is 0 Å². The van der Waals surface area contributed by atoms with E-state index in [1.165, 1.54) is 6.07 Å². The predicted molar refractivity (Wildman–Crippen MR) is 70.0 cm³/mol. The molecule has 1 heterocycles. The number of para-hydroxylation sites is 1. The highest BCUT2D eigenvalue weighted by Gasteiger charge is 2.13. The maximum Gasteiger partial charge on any atom is 0.371 e. The molecule has 0 atom stereocenters. The van der Waals surface area contributed by atoms with Gasteiger partial charge >= 0.3 is 5.97 Å². The van der Waals surface area contributed by atoms with E-state index < -0.39 is 5.97 Å². The van der Waals surface area contributed by atoms with Gasteiger partial charge in [-0.15, -0.1) is 0 Å². The summed E-state index contributed by atoms with van der Waals surface area (Å²) in [5.74, 6) is -0.963. The van der Waals surface area contributed by atoms with Gasteiger partial charge in [0, 0.05) is 12.0 Å². The van der Waals surface area contributed by atoms with E-state index in [2.05, 4.69) is 5.32 Å². The third kappa shape index (κ3) is 2.82. The third-order valence-electron chi connectivity index (χ3n) is 2.60. The van der Waals surface area contributed by atoms with Crippen LogP contribution >= 0.6 is 0 Å². The normalized spacial score (nSPS) is 10.2. The average molecular weight is 259 g/mol. The molecule has 5 nitrogen and oxygen atoms in total. The van der Waals surface area contributed by atoms with E-state index in [0.29, 0.717) is 23.4 Å². The number of nitrogens with one attached hydrogen (secondary N) is 1. The van der Waals surface area contributed by atoms with Crippen LogP contribution in [0.25, 0.3) is 11.3 Å². The number of hydrogen-bond acceptors (Lipinski definition) is 3. The topological polar surface area (TPSA) is 79.5 Å². The molecule has 0 aliphatic heterocycles. The Kier molecular flexibility index (Phi) is 3.66. The van der Waals surface area contributed by atoms with Crippen LogP contribution in [0.15, 0.2) is 40.8 Å². The van der Waals surface area contributed by atoms with Gasteiger partial charge in [0.25, 0.3) is 0 Å². The van der Waals surface area contributed by atoms with Gasteiger partial charge in [-0.25, -0.2) is 4.79 Å². The second-order valence-electron chi connectivity index (χ2n) is 3.92. The van der Waals surface area contributed by atoms with Crippen molar-refractivity contribution in [2.45, 2.75) is 13.3 Å². The van der Waals surface area contributed by atoms with Gasteiger partial charge in [0.1, 0.15) is 5.76 Å². The number of aromatic carboxylic acids is 1. The summed E-state index contributed by atoms with van der Waals surface area (Å²) in [6.45, 7) is 1.76. The molecule has 98 valence electrons. The zero-order valence-electron chi connectivity index (χ0n) is 10.3. The molecule has 2 aromatic rings. The van der Waals surface area contributed by atoms with Crippen molar-refractivity contribution in [1.29, 1.82) is 0 Å². The summed E-state index contributed by atoms with van der Waals surface area (Å²) in [5, 5.41) is 11.6. The monoisotopic (exact) mass is 259 g/mol. The van der Waals surface area contributed by atoms with Gasteiger partial charge < -0.3 is 14.8 Å². The van der Waals surface area contributed by atoms with E-state index in [0.717, 1.165) is 0 Å². The lowest BCUT2D eigenvalue weighted by molar-refractivity contribution is -0.115. The highest BCUT2D eigenvalue weighted by atomic mass is 16.4. The van der Waals surface area contributed by atoms with Crippen LogP contribution in [0.5, 0.6) is 0 Å². The number of carbonyl (C=O) groups is 2. The molecular weight excluding hydrogens is 246 g/mol. The molecule has 2 rings (SSSR count). The molecule has 5 heteroatoms. The van der Waals surface area contributed by atoms with E-state index in [1.807, 2.05) is 0 Å². The molecule has 19 heavy (non-hydrogen) atoms. The molecule has 0 bridgehead atoms. The zero-order chi connectivity index (χ0) is 13.8. The number of amides is 1. The smallest absolute Gasteiger partial charge is 0.371 e. The van der Waals surface area contributed by atoms with Gasteiger partial charge in [0.2, 0.25) is 11.7 Å². The Morgan fingerprint density at radius 2 is 1.95 bits per heavy atom. The van der Waals surface area contributed by atoms with Gasteiger partial charge in [-0.1, -0.05) is 19.1 Å². The van der Waals surface area contributed by atoms with E-state index in [-0.39, 0.29) is 11.7 Å². The van der Waals surface area contributed by atoms with Crippen LogP contribution < -0.4 is 5.32 Å². The SMILES string of the molecule is CCC(=O)Nc1ccccc1-c1ccc(C(=O)O)o1. The summed E-state index contributed by atoms with van der Waals surface area (Å²) in [6.07, 6.45) is 0.368. The molecule has 0 unspecified atom stereocenters. The number of carboxylic acids is 1. The van der Waals surface area contributed by atoms with Crippen LogP contribution in [-0.4, -0.2) is 17.0 Å². The minimum absolute atomic E-state index is 0.113. The van der Waals surface area contributed by atoms with Gasteiger partial charge in [-0.3, -0.25) is 4.79 Å². The number of anilines is 1. The summed E-state index contributed by atoms with van der Waals surface area (Å²) in [7, 11) is 0. The van der Waals surface area contributed by atoms with Gasteiger partial charge in [0.05, 0.1) is 5.69 Å². The summed E-state index contributed by atoms with van der Waals surface area (Å²) >= 11 is 0. The summed E-state index contributed by atoms with van der Waals surface area (Å²) < 4.78 is 5.24. The van der Waals surface area contributed by atoms with E-state index in [4.69, 9.17) is 9.52 Å². The molecule has 1 aromatic heterocycles. The lowest BCUT2D eigenvalue weighted by atomic mass is 10.1. The van der Waals surface area contributed by atoms with Crippen LogP contribution in [0.3, 0.4) is 0 Å². The number of carbonyl (C=O) groups excluding carboxylic acids is 1. The summed E-state index contributed by atoms with van der Waals surface area (Å²) in [6, 6.07) is 10.0. The van der Waals surface area contributed by atoms with Gasteiger partial charge in [-0.2, -0.15) is 0 Å². The van der Waals surface area contributed by atoms with Crippen molar-refractivity contribution in [2.24, 2.45) is 0 Å². The Bertz CT molecular complexity index is 615. The molecular formula is C14H13NO4. The van der Waals surface area contributed by atoms with Crippen LogP contribution in [0.1, 0.15) is 23.9 Å². The second kappa shape index (κ2) is 5.39. The molecule has 0 aliphatic carbocycles. The van der Waals surface area contributed by atoms with Gasteiger partial charge in [-0.05, 0) is 24.3 Å². The molecule has 0 radical (unpaired) electrons. The Hall–Kier alpha value is -2.56. The maximum absolute atomic E-state index is 11.4. The van der Waals surface area contributed by atoms with E-state index in [1.54, 1.807) is 37.3 Å². The minimum atomic E-state index is -1.12. The Labute approximate surface area is 109 Å². The van der Waals surface area contributed by atoms with Gasteiger partial charge in [0.15, 0.2) is 0 Å². The predicted octanol–water partition coefficient (Wildman–Crippen LogP) is 2.99. The van der Waals surface area contributed by atoms with E-state index in [9.17, 15) is 9.59 Å².